The van der Waals surface area contributed by atoms with Crippen LogP contribution in [0.4, 0.5) is 5.69 Å². The van der Waals surface area contributed by atoms with Gasteiger partial charge in [0.15, 0.2) is 5.15 Å². The van der Waals surface area contributed by atoms with E-state index < -0.39 is 5.41 Å². The summed E-state index contributed by atoms with van der Waals surface area (Å²) in [5.41, 5.74) is 0.807. The van der Waals surface area contributed by atoms with E-state index in [1.165, 1.54) is 0 Å². The number of hydrogen-bond donors (Lipinski definition) is 1. The van der Waals surface area contributed by atoms with Crippen LogP contribution in [0.25, 0.3) is 5.69 Å². The minimum atomic E-state index is -0.473. The van der Waals surface area contributed by atoms with E-state index in [4.69, 9.17) is 11.6 Å². The van der Waals surface area contributed by atoms with Crippen molar-refractivity contribution in [3.8, 4) is 5.69 Å². The normalized spacial score (nSPS) is 11.4. The van der Waals surface area contributed by atoms with E-state index in [0.717, 1.165) is 11.4 Å². The van der Waals surface area contributed by atoms with Crippen LogP contribution in [0.15, 0.2) is 30.7 Å². The Morgan fingerprint density at radius 2 is 2.29 bits per heavy atom. The lowest BCUT2D eigenvalue weighted by atomic mass is 9.95. The first kappa shape index (κ1) is 15.9. The lowest BCUT2D eigenvalue weighted by molar-refractivity contribution is -0.122. The second kappa shape index (κ2) is 6.49. The molecule has 1 N–H and O–H groups in total. The van der Waals surface area contributed by atoms with Crippen molar-refractivity contribution in [2.75, 3.05) is 17.3 Å². The van der Waals surface area contributed by atoms with Crippen LogP contribution >= 0.6 is 23.4 Å². The van der Waals surface area contributed by atoms with Gasteiger partial charge in [-0.15, -0.1) is 0 Å². The Morgan fingerprint density at radius 1 is 1.52 bits per heavy atom. The van der Waals surface area contributed by atoms with E-state index in [2.05, 4.69) is 15.4 Å². The second-order valence-corrected chi connectivity index (χ2v) is 6.48. The number of rotatable bonds is 5. The minimum Gasteiger partial charge on any atom is -0.322 e. The summed E-state index contributed by atoms with van der Waals surface area (Å²) in [5.74, 6) is 0.650. The van der Waals surface area contributed by atoms with Gasteiger partial charge in [0.2, 0.25) is 5.91 Å². The van der Waals surface area contributed by atoms with Gasteiger partial charge in [0.25, 0.3) is 0 Å². The van der Waals surface area contributed by atoms with Gasteiger partial charge in [-0.1, -0.05) is 25.4 Å². The van der Waals surface area contributed by atoms with Gasteiger partial charge in [0, 0.05) is 11.9 Å². The van der Waals surface area contributed by atoms with Crippen LogP contribution in [0.2, 0.25) is 5.15 Å². The predicted octanol–water partition coefficient (Wildman–Crippen LogP) is 3.25. The average Bonchev–Trinajstić information content (AvgIpc) is 2.81. The maximum Gasteiger partial charge on any atom is 0.230 e. The topological polar surface area (TPSA) is 59.8 Å². The molecule has 7 heteroatoms. The van der Waals surface area contributed by atoms with Crippen LogP contribution in [0.5, 0.6) is 0 Å². The highest BCUT2D eigenvalue weighted by atomic mass is 35.5. The van der Waals surface area contributed by atoms with Gasteiger partial charge in [-0.2, -0.15) is 16.9 Å². The van der Waals surface area contributed by atoms with Crippen LogP contribution < -0.4 is 5.32 Å². The van der Waals surface area contributed by atoms with Gasteiger partial charge in [0.05, 0.1) is 29.2 Å². The van der Waals surface area contributed by atoms with Crippen LogP contribution in [-0.2, 0) is 4.79 Å². The Kier molecular flexibility index (Phi) is 4.90. The molecule has 2 heterocycles. The highest BCUT2D eigenvalue weighted by Crippen LogP contribution is 2.26. The minimum absolute atomic E-state index is 0.0792. The molecule has 2 aromatic heterocycles. The first-order valence-corrected chi connectivity index (χ1v) is 8.17. The highest BCUT2D eigenvalue weighted by Gasteiger charge is 2.28. The molecule has 0 aliphatic carbocycles. The number of carbonyl (C=O) groups is 1. The van der Waals surface area contributed by atoms with E-state index in [0.29, 0.717) is 5.69 Å². The van der Waals surface area contributed by atoms with Crippen molar-refractivity contribution < 1.29 is 4.79 Å². The first-order chi connectivity index (χ1) is 9.94. The van der Waals surface area contributed by atoms with E-state index >= 15 is 0 Å². The molecule has 2 aromatic rings. The quantitative estimate of drug-likeness (QED) is 0.917. The molecule has 1 amide bonds. The summed E-state index contributed by atoms with van der Waals surface area (Å²) in [6.45, 7) is 3.80. The molecular formula is C14H17ClN4OS. The van der Waals surface area contributed by atoms with Crippen molar-refractivity contribution in [3.63, 3.8) is 0 Å². The number of hydrogen-bond acceptors (Lipinski definition) is 4. The summed E-state index contributed by atoms with van der Waals surface area (Å²) in [6.07, 6.45) is 7.02. The third-order valence-corrected chi connectivity index (χ3v) is 4.24. The molecule has 0 atom stereocenters. The van der Waals surface area contributed by atoms with Gasteiger partial charge in [-0.3, -0.25) is 9.78 Å². The van der Waals surface area contributed by atoms with E-state index in [1.54, 1.807) is 35.0 Å². The SMILES string of the molecule is CSCC(C)(C)C(=O)Nc1cn(-c2cccnc2)nc1Cl. The fourth-order valence-corrected chi connectivity index (χ4v) is 2.81. The monoisotopic (exact) mass is 324 g/mol. The summed E-state index contributed by atoms with van der Waals surface area (Å²) in [7, 11) is 0. The van der Waals surface area contributed by atoms with E-state index in [-0.39, 0.29) is 11.1 Å². The standard InChI is InChI=1S/C14H17ClN4OS/c1-14(2,9-21-3)13(20)17-11-8-19(18-12(11)15)10-5-4-6-16-7-10/h4-8H,9H2,1-3H3,(H,17,20). The second-order valence-electron chi connectivity index (χ2n) is 5.26. The molecule has 5 nitrogen and oxygen atoms in total. The third kappa shape index (κ3) is 3.77. The van der Waals surface area contributed by atoms with E-state index in [9.17, 15) is 4.79 Å². The number of anilines is 1. The van der Waals surface area contributed by atoms with Crippen molar-refractivity contribution >= 4 is 35.0 Å². The van der Waals surface area contributed by atoms with Gasteiger partial charge in [0.1, 0.15) is 0 Å². The molecular weight excluding hydrogens is 308 g/mol. The van der Waals surface area contributed by atoms with Crippen LogP contribution in [0, 0.1) is 5.41 Å². The molecule has 0 aliphatic rings. The fraction of sp³-hybridized carbons (Fsp3) is 0.357. The number of nitrogens with zero attached hydrogens (tertiary/aromatic N) is 3. The molecule has 0 saturated heterocycles. The maximum atomic E-state index is 12.3. The fourth-order valence-electron chi connectivity index (χ4n) is 1.78. The van der Waals surface area contributed by atoms with Crippen molar-refractivity contribution in [2.24, 2.45) is 5.41 Å². The van der Waals surface area contributed by atoms with Crippen molar-refractivity contribution in [1.82, 2.24) is 14.8 Å². The Morgan fingerprint density at radius 3 is 2.90 bits per heavy atom. The van der Waals surface area contributed by atoms with Crippen LogP contribution in [0.1, 0.15) is 13.8 Å². The average molecular weight is 325 g/mol. The lowest BCUT2D eigenvalue weighted by Gasteiger charge is -2.21. The Bertz CT molecular complexity index is 627. The summed E-state index contributed by atoms with van der Waals surface area (Å²) in [6, 6.07) is 3.67. The molecule has 0 saturated carbocycles. The highest BCUT2D eigenvalue weighted by molar-refractivity contribution is 7.98. The van der Waals surface area contributed by atoms with E-state index in [1.807, 2.05) is 32.2 Å². The molecule has 2 rings (SSSR count). The largest absolute Gasteiger partial charge is 0.322 e. The van der Waals surface area contributed by atoms with Crippen LogP contribution in [-0.4, -0.2) is 32.7 Å². The maximum absolute atomic E-state index is 12.3. The number of halogens is 1. The molecule has 0 unspecified atom stereocenters. The van der Waals surface area contributed by atoms with Gasteiger partial charge in [-0.25, -0.2) is 4.68 Å². The zero-order chi connectivity index (χ0) is 15.5. The van der Waals surface area contributed by atoms with Gasteiger partial charge < -0.3 is 5.32 Å². The smallest absolute Gasteiger partial charge is 0.230 e. The number of amides is 1. The third-order valence-electron chi connectivity index (χ3n) is 2.95. The van der Waals surface area contributed by atoms with Crippen molar-refractivity contribution in [2.45, 2.75) is 13.8 Å². The summed E-state index contributed by atoms with van der Waals surface area (Å²) < 4.78 is 1.59. The predicted molar refractivity (Wildman–Crippen MR) is 87.2 cm³/mol. The molecule has 112 valence electrons. The molecule has 0 radical (unpaired) electrons. The van der Waals surface area contributed by atoms with Crippen molar-refractivity contribution in [3.05, 3.63) is 35.9 Å². The molecule has 0 aromatic carbocycles. The number of aromatic nitrogens is 3. The molecule has 0 spiro atoms. The zero-order valence-corrected chi connectivity index (χ0v) is 13.7. The molecule has 21 heavy (non-hydrogen) atoms. The zero-order valence-electron chi connectivity index (χ0n) is 12.1. The number of carbonyl (C=O) groups excluding carboxylic acids is 1. The van der Waals surface area contributed by atoms with Crippen LogP contribution in [0.3, 0.4) is 0 Å². The summed E-state index contributed by atoms with van der Waals surface area (Å²) >= 11 is 7.72. The molecule has 0 fully saturated rings. The summed E-state index contributed by atoms with van der Waals surface area (Å²) in [4.78, 5) is 16.3. The lowest BCUT2D eigenvalue weighted by Crippen LogP contribution is -2.32. The first-order valence-electron chi connectivity index (χ1n) is 6.40. The summed E-state index contributed by atoms with van der Waals surface area (Å²) in [5, 5.41) is 7.28. The Balaban J connectivity index is 2.19. The number of pyridine rings is 1. The molecule has 0 aliphatic heterocycles. The Hall–Kier alpha value is -1.53. The number of nitrogens with one attached hydrogen (secondary N) is 1. The Labute approximate surface area is 133 Å². The number of thioether (sulfide) groups is 1. The van der Waals surface area contributed by atoms with Gasteiger partial charge in [-0.05, 0) is 18.4 Å². The molecule has 0 bridgehead atoms. The van der Waals surface area contributed by atoms with Gasteiger partial charge >= 0.3 is 0 Å². The van der Waals surface area contributed by atoms with Crippen molar-refractivity contribution in [1.29, 1.82) is 0 Å².